The number of hydrogen-bond donors (Lipinski definition) is 1. The van der Waals surface area contributed by atoms with E-state index in [2.05, 4.69) is 0 Å². The second-order valence-electron chi connectivity index (χ2n) is 4.63. The molecular weight excluding hydrogens is 245 g/mol. The van der Waals surface area contributed by atoms with Gasteiger partial charge in [0.15, 0.2) is 0 Å². The molecule has 0 radical (unpaired) electrons. The van der Waals surface area contributed by atoms with Gasteiger partial charge in [0, 0.05) is 0 Å². The van der Waals surface area contributed by atoms with Gasteiger partial charge in [-0.25, -0.2) is 0 Å². The summed E-state index contributed by atoms with van der Waals surface area (Å²) in [5.74, 6) is -1.73. The minimum Gasteiger partial charge on any atom is -0.481 e. The van der Waals surface area contributed by atoms with E-state index in [9.17, 15) is 18.0 Å². The first-order chi connectivity index (χ1) is 8.39. The van der Waals surface area contributed by atoms with Crippen molar-refractivity contribution in [1.82, 2.24) is 0 Å². The van der Waals surface area contributed by atoms with Crippen LogP contribution in [0.3, 0.4) is 0 Å². The Morgan fingerprint density at radius 1 is 1.22 bits per heavy atom. The molecule has 0 saturated heterocycles. The van der Waals surface area contributed by atoms with Gasteiger partial charge in [0.1, 0.15) is 0 Å². The second-order valence-corrected chi connectivity index (χ2v) is 4.63. The maximum Gasteiger partial charge on any atom is 0.416 e. The predicted octanol–water partition coefficient (Wildman–Crippen LogP) is 3.67. The SMILES string of the molecule is O=C(O)[C@H]1CC[C@@H](c2ccccc2C(F)(F)F)C1. The Balaban J connectivity index is 2.27. The lowest BCUT2D eigenvalue weighted by Gasteiger charge is -2.17. The fourth-order valence-electron chi connectivity index (χ4n) is 2.60. The monoisotopic (exact) mass is 258 g/mol. The highest BCUT2D eigenvalue weighted by Crippen LogP contribution is 2.43. The van der Waals surface area contributed by atoms with Crippen LogP contribution in [-0.4, -0.2) is 11.1 Å². The van der Waals surface area contributed by atoms with Gasteiger partial charge in [-0.1, -0.05) is 18.2 Å². The third kappa shape index (κ3) is 2.49. The van der Waals surface area contributed by atoms with Gasteiger partial charge in [0.05, 0.1) is 11.5 Å². The number of rotatable bonds is 2. The van der Waals surface area contributed by atoms with Crippen LogP contribution in [0.2, 0.25) is 0 Å². The molecule has 2 atom stereocenters. The van der Waals surface area contributed by atoms with Crippen LogP contribution in [0.4, 0.5) is 13.2 Å². The Labute approximate surface area is 102 Å². The van der Waals surface area contributed by atoms with E-state index in [-0.39, 0.29) is 11.5 Å². The van der Waals surface area contributed by atoms with Crippen LogP contribution in [0.1, 0.15) is 36.3 Å². The number of carbonyl (C=O) groups is 1. The van der Waals surface area contributed by atoms with Crippen molar-refractivity contribution in [3.8, 4) is 0 Å². The van der Waals surface area contributed by atoms with Gasteiger partial charge in [-0.15, -0.1) is 0 Å². The van der Waals surface area contributed by atoms with Crippen LogP contribution in [0.25, 0.3) is 0 Å². The van der Waals surface area contributed by atoms with Gasteiger partial charge in [-0.05, 0) is 36.8 Å². The Morgan fingerprint density at radius 3 is 2.44 bits per heavy atom. The zero-order chi connectivity index (χ0) is 13.3. The van der Waals surface area contributed by atoms with Gasteiger partial charge < -0.3 is 5.11 Å². The van der Waals surface area contributed by atoms with Crippen LogP contribution in [-0.2, 0) is 11.0 Å². The number of carboxylic acid groups (broad SMARTS) is 1. The summed E-state index contributed by atoms with van der Waals surface area (Å²) < 4.78 is 38.5. The molecule has 18 heavy (non-hydrogen) atoms. The van der Waals surface area contributed by atoms with E-state index in [1.807, 2.05) is 0 Å². The summed E-state index contributed by atoms with van der Waals surface area (Å²) in [6, 6.07) is 5.44. The first-order valence-electron chi connectivity index (χ1n) is 5.78. The Hall–Kier alpha value is -1.52. The summed E-state index contributed by atoms with van der Waals surface area (Å²) in [6.45, 7) is 0. The average Bonchev–Trinajstić information content (AvgIpc) is 2.77. The predicted molar refractivity (Wildman–Crippen MR) is 59.2 cm³/mol. The molecule has 2 nitrogen and oxygen atoms in total. The van der Waals surface area contributed by atoms with Gasteiger partial charge in [-0.3, -0.25) is 4.79 Å². The molecule has 1 aliphatic rings. The molecule has 1 saturated carbocycles. The third-order valence-corrected chi connectivity index (χ3v) is 3.49. The summed E-state index contributed by atoms with van der Waals surface area (Å²) in [5.41, 5.74) is -0.408. The first-order valence-corrected chi connectivity index (χ1v) is 5.78. The quantitative estimate of drug-likeness (QED) is 0.878. The second kappa shape index (κ2) is 4.63. The lowest BCUT2D eigenvalue weighted by Crippen LogP contribution is -2.12. The zero-order valence-corrected chi connectivity index (χ0v) is 9.57. The largest absolute Gasteiger partial charge is 0.481 e. The van der Waals surface area contributed by atoms with E-state index < -0.39 is 23.6 Å². The number of aliphatic carboxylic acids is 1. The number of carboxylic acids is 1. The maximum absolute atomic E-state index is 12.8. The molecule has 1 N–H and O–H groups in total. The molecule has 0 aliphatic heterocycles. The molecular formula is C13H13F3O2. The maximum atomic E-state index is 12.8. The fourth-order valence-corrected chi connectivity index (χ4v) is 2.60. The van der Waals surface area contributed by atoms with E-state index >= 15 is 0 Å². The van der Waals surface area contributed by atoms with Crippen molar-refractivity contribution >= 4 is 5.97 Å². The van der Waals surface area contributed by atoms with E-state index in [0.717, 1.165) is 6.07 Å². The van der Waals surface area contributed by atoms with E-state index in [1.165, 1.54) is 12.1 Å². The first kappa shape index (κ1) is 12.9. The van der Waals surface area contributed by atoms with E-state index in [0.29, 0.717) is 19.3 Å². The zero-order valence-electron chi connectivity index (χ0n) is 9.57. The van der Waals surface area contributed by atoms with Gasteiger partial charge in [-0.2, -0.15) is 13.2 Å². The van der Waals surface area contributed by atoms with Gasteiger partial charge >= 0.3 is 12.1 Å². The molecule has 2 rings (SSSR count). The molecule has 1 aliphatic carbocycles. The number of benzene rings is 1. The smallest absolute Gasteiger partial charge is 0.416 e. The highest BCUT2D eigenvalue weighted by atomic mass is 19.4. The molecule has 0 heterocycles. The van der Waals surface area contributed by atoms with Crippen molar-refractivity contribution in [3.63, 3.8) is 0 Å². The fraction of sp³-hybridized carbons (Fsp3) is 0.462. The summed E-state index contributed by atoms with van der Waals surface area (Å²) in [5, 5.41) is 8.88. The minimum atomic E-state index is -4.38. The third-order valence-electron chi connectivity index (χ3n) is 3.49. The highest BCUT2D eigenvalue weighted by Gasteiger charge is 2.38. The van der Waals surface area contributed by atoms with Gasteiger partial charge in [0.25, 0.3) is 0 Å². The van der Waals surface area contributed by atoms with Crippen molar-refractivity contribution in [3.05, 3.63) is 35.4 Å². The van der Waals surface area contributed by atoms with Crippen molar-refractivity contribution in [2.45, 2.75) is 31.4 Å². The molecule has 0 spiro atoms. The molecule has 1 fully saturated rings. The molecule has 1 aromatic rings. The summed E-state index contributed by atoms with van der Waals surface area (Å²) >= 11 is 0. The highest BCUT2D eigenvalue weighted by molar-refractivity contribution is 5.70. The average molecular weight is 258 g/mol. The van der Waals surface area contributed by atoms with E-state index in [4.69, 9.17) is 5.11 Å². The molecule has 98 valence electrons. The van der Waals surface area contributed by atoms with Crippen LogP contribution >= 0.6 is 0 Å². The van der Waals surface area contributed by atoms with Crippen molar-refractivity contribution in [1.29, 1.82) is 0 Å². The van der Waals surface area contributed by atoms with Crippen molar-refractivity contribution < 1.29 is 23.1 Å². The summed E-state index contributed by atoms with van der Waals surface area (Å²) in [6.07, 6.45) is -3.13. The topological polar surface area (TPSA) is 37.3 Å². The molecule has 0 aromatic heterocycles. The molecule has 5 heteroatoms. The van der Waals surface area contributed by atoms with Crippen LogP contribution in [0.5, 0.6) is 0 Å². The summed E-state index contributed by atoms with van der Waals surface area (Å²) in [7, 11) is 0. The Bertz CT molecular complexity index is 454. The Morgan fingerprint density at radius 2 is 1.89 bits per heavy atom. The normalized spacial score (nSPS) is 24.2. The van der Waals surface area contributed by atoms with Crippen LogP contribution in [0, 0.1) is 5.92 Å². The van der Waals surface area contributed by atoms with Crippen LogP contribution < -0.4 is 0 Å². The lowest BCUT2D eigenvalue weighted by molar-refractivity contribution is -0.141. The summed E-state index contributed by atoms with van der Waals surface area (Å²) in [4.78, 5) is 10.8. The number of alkyl halides is 3. The molecule has 1 aromatic carbocycles. The van der Waals surface area contributed by atoms with Crippen LogP contribution in [0.15, 0.2) is 24.3 Å². The number of halogens is 3. The Kier molecular flexibility index (Phi) is 3.32. The number of hydrogen-bond acceptors (Lipinski definition) is 1. The van der Waals surface area contributed by atoms with Gasteiger partial charge in [0.2, 0.25) is 0 Å². The molecule has 0 unspecified atom stereocenters. The standard InChI is InChI=1S/C13H13F3O2/c14-13(15,16)11-4-2-1-3-10(11)8-5-6-9(7-8)12(17)18/h1-4,8-9H,5-7H2,(H,17,18)/t8-,9+/m1/s1. The molecule has 0 amide bonds. The van der Waals surface area contributed by atoms with Crippen molar-refractivity contribution in [2.75, 3.05) is 0 Å². The van der Waals surface area contributed by atoms with E-state index in [1.54, 1.807) is 6.07 Å². The molecule has 0 bridgehead atoms. The lowest BCUT2D eigenvalue weighted by atomic mass is 9.92. The van der Waals surface area contributed by atoms with Crippen molar-refractivity contribution in [2.24, 2.45) is 5.92 Å². The minimum absolute atomic E-state index is 0.230.